The predicted octanol–water partition coefficient (Wildman–Crippen LogP) is 3.57. The summed E-state index contributed by atoms with van der Waals surface area (Å²) in [5, 5.41) is 28.3. The molecule has 0 atom stereocenters. The number of hydrogen-bond donors (Lipinski definition) is 2. The van der Waals surface area contributed by atoms with Crippen LogP contribution in [0.1, 0.15) is 10.4 Å². The highest BCUT2D eigenvalue weighted by Crippen LogP contribution is 2.40. The summed E-state index contributed by atoms with van der Waals surface area (Å²) in [7, 11) is 0. The first-order chi connectivity index (χ1) is 10.7. The molecule has 22 heavy (non-hydrogen) atoms. The number of carbonyl (C=O) groups excluding carboxylic acids is 1. The van der Waals surface area contributed by atoms with Crippen molar-refractivity contribution in [3.05, 3.63) is 60.4 Å². The Morgan fingerprint density at radius 1 is 0.955 bits per heavy atom. The number of hydrogen-bond acceptors (Lipinski definition) is 5. The fourth-order valence-corrected chi connectivity index (χ4v) is 2.08. The zero-order valence-corrected chi connectivity index (χ0v) is 11.3. The molecule has 0 spiro atoms. The third kappa shape index (κ3) is 2.49. The first kappa shape index (κ1) is 13.7. The molecule has 2 N–H and O–H groups in total. The predicted molar refractivity (Wildman–Crippen MR) is 80.4 cm³/mol. The van der Waals surface area contributed by atoms with Crippen molar-refractivity contribution in [1.82, 2.24) is 4.98 Å². The molecular weight excluding hydrogens is 282 g/mol. The lowest BCUT2D eigenvalue weighted by Crippen LogP contribution is -1.93. The first-order valence-electron chi connectivity index (χ1n) is 6.46. The molecule has 0 fully saturated rings. The maximum Gasteiger partial charge on any atom is 0.295 e. The van der Waals surface area contributed by atoms with E-state index >= 15 is 0 Å². The van der Waals surface area contributed by atoms with Gasteiger partial charge in [0.2, 0.25) is 0 Å². The van der Waals surface area contributed by atoms with Crippen molar-refractivity contribution in [2.75, 3.05) is 0 Å². The standard InChI is InChI=1S/C16H11N3O3/c20-13-9-14(21)15(12-4-2-1-3-11(12)13)18-19-16(22)10-5-7-17-8-6-10/h1-9,20-21H. The molecule has 1 amide bonds. The van der Waals surface area contributed by atoms with E-state index in [-0.39, 0.29) is 17.2 Å². The summed E-state index contributed by atoms with van der Waals surface area (Å²) in [6.45, 7) is 0. The molecule has 0 aliphatic rings. The van der Waals surface area contributed by atoms with Crippen molar-refractivity contribution in [3.63, 3.8) is 0 Å². The van der Waals surface area contributed by atoms with Crippen LogP contribution in [0.5, 0.6) is 11.5 Å². The highest BCUT2D eigenvalue weighted by molar-refractivity contribution is 6.00. The molecule has 3 rings (SSSR count). The Balaban J connectivity index is 2.04. The minimum absolute atomic E-state index is 0.0625. The molecule has 108 valence electrons. The second-order valence-corrected chi connectivity index (χ2v) is 4.55. The summed E-state index contributed by atoms with van der Waals surface area (Å²) in [5.41, 5.74) is 0.483. The Kier molecular flexibility index (Phi) is 3.49. The summed E-state index contributed by atoms with van der Waals surface area (Å²) in [4.78, 5) is 15.7. The molecule has 0 bridgehead atoms. The second kappa shape index (κ2) is 5.61. The Labute approximate surface area is 125 Å². The third-order valence-corrected chi connectivity index (χ3v) is 3.14. The van der Waals surface area contributed by atoms with E-state index in [0.717, 1.165) is 0 Å². The molecule has 0 aliphatic carbocycles. The molecule has 6 heteroatoms. The van der Waals surface area contributed by atoms with Crippen molar-refractivity contribution >= 4 is 22.4 Å². The summed E-state index contributed by atoms with van der Waals surface area (Å²) >= 11 is 0. The number of azo groups is 1. The highest BCUT2D eigenvalue weighted by atomic mass is 16.3. The topological polar surface area (TPSA) is 95.1 Å². The van der Waals surface area contributed by atoms with Crippen LogP contribution in [0.3, 0.4) is 0 Å². The summed E-state index contributed by atoms with van der Waals surface area (Å²) < 4.78 is 0. The van der Waals surface area contributed by atoms with Gasteiger partial charge in [-0.2, -0.15) is 0 Å². The van der Waals surface area contributed by atoms with E-state index < -0.39 is 5.91 Å². The zero-order chi connectivity index (χ0) is 15.5. The molecule has 0 aliphatic heterocycles. The van der Waals surface area contributed by atoms with E-state index in [9.17, 15) is 15.0 Å². The van der Waals surface area contributed by atoms with Crippen molar-refractivity contribution < 1.29 is 15.0 Å². The number of aromatic nitrogens is 1. The van der Waals surface area contributed by atoms with Crippen LogP contribution >= 0.6 is 0 Å². The molecule has 1 aromatic heterocycles. The Hall–Kier alpha value is -3.28. The van der Waals surface area contributed by atoms with Crippen LogP contribution in [0.25, 0.3) is 10.8 Å². The number of aromatic hydroxyl groups is 2. The molecule has 0 saturated carbocycles. The SMILES string of the molecule is O=C(N=Nc1c(O)cc(O)c2ccccc12)c1ccncc1. The first-order valence-corrected chi connectivity index (χ1v) is 6.46. The molecule has 0 radical (unpaired) electrons. The number of phenols is 2. The van der Waals surface area contributed by atoms with Gasteiger partial charge in [0, 0.05) is 34.8 Å². The molecular formula is C16H11N3O3. The minimum atomic E-state index is -0.543. The zero-order valence-electron chi connectivity index (χ0n) is 11.3. The van der Waals surface area contributed by atoms with E-state index in [0.29, 0.717) is 16.3 Å². The van der Waals surface area contributed by atoms with Crippen LogP contribution in [0.2, 0.25) is 0 Å². The summed E-state index contributed by atoms with van der Waals surface area (Å²) in [6.07, 6.45) is 2.96. The monoisotopic (exact) mass is 293 g/mol. The van der Waals surface area contributed by atoms with E-state index in [1.165, 1.54) is 30.6 Å². The van der Waals surface area contributed by atoms with Gasteiger partial charge in [0.25, 0.3) is 5.91 Å². The van der Waals surface area contributed by atoms with Gasteiger partial charge in [-0.1, -0.05) is 24.3 Å². The van der Waals surface area contributed by atoms with Gasteiger partial charge in [-0.05, 0) is 12.1 Å². The number of nitrogens with zero attached hydrogens (tertiary/aromatic N) is 3. The van der Waals surface area contributed by atoms with Gasteiger partial charge in [-0.25, -0.2) is 0 Å². The van der Waals surface area contributed by atoms with Crippen molar-refractivity contribution in [1.29, 1.82) is 0 Å². The fraction of sp³-hybridized carbons (Fsp3) is 0. The number of phenolic OH excluding ortho intramolecular Hbond substituents is 2. The molecule has 6 nitrogen and oxygen atoms in total. The van der Waals surface area contributed by atoms with Crippen LogP contribution in [-0.2, 0) is 0 Å². The van der Waals surface area contributed by atoms with Crippen molar-refractivity contribution in [2.45, 2.75) is 0 Å². The van der Waals surface area contributed by atoms with Gasteiger partial charge in [0.1, 0.15) is 17.2 Å². The number of amides is 1. The van der Waals surface area contributed by atoms with Crippen LogP contribution in [0, 0.1) is 0 Å². The normalized spacial score (nSPS) is 11.1. The lowest BCUT2D eigenvalue weighted by Gasteiger charge is -2.05. The average Bonchev–Trinajstić information content (AvgIpc) is 2.55. The second-order valence-electron chi connectivity index (χ2n) is 4.55. The maximum absolute atomic E-state index is 11.9. The Morgan fingerprint density at radius 3 is 2.36 bits per heavy atom. The maximum atomic E-state index is 11.9. The fourth-order valence-electron chi connectivity index (χ4n) is 2.08. The lowest BCUT2D eigenvalue weighted by atomic mass is 10.1. The molecule has 2 aromatic carbocycles. The van der Waals surface area contributed by atoms with E-state index in [1.54, 1.807) is 24.3 Å². The quantitative estimate of drug-likeness (QED) is 0.706. The smallest absolute Gasteiger partial charge is 0.295 e. The lowest BCUT2D eigenvalue weighted by molar-refractivity contribution is 0.0995. The summed E-state index contributed by atoms with van der Waals surface area (Å²) in [6, 6.07) is 11.1. The highest BCUT2D eigenvalue weighted by Gasteiger charge is 2.11. The Morgan fingerprint density at radius 2 is 1.64 bits per heavy atom. The third-order valence-electron chi connectivity index (χ3n) is 3.14. The van der Waals surface area contributed by atoms with E-state index in [1.807, 2.05) is 0 Å². The van der Waals surface area contributed by atoms with Gasteiger partial charge >= 0.3 is 0 Å². The summed E-state index contributed by atoms with van der Waals surface area (Å²) in [5.74, 6) is -0.853. The number of benzene rings is 2. The van der Waals surface area contributed by atoms with Crippen LogP contribution in [0.4, 0.5) is 5.69 Å². The van der Waals surface area contributed by atoms with Crippen molar-refractivity contribution in [2.24, 2.45) is 10.2 Å². The van der Waals surface area contributed by atoms with Crippen molar-refractivity contribution in [3.8, 4) is 11.5 Å². The Bertz CT molecular complexity index is 876. The number of pyridine rings is 1. The van der Waals surface area contributed by atoms with Gasteiger partial charge in [-0.3, -0.25) is 9.78 Å². The molecule has 1 heterocycles. The number of fused-ring (bicyclic) bond motifs is 1. The largest absolute Gasteiger partial charge is 0.507 e. The van der Waals surface area contributed by atoms with Crippen LogP contribution < -0.4 is 0 Å². The average molecular weight is 293 g/mol. The molecule has 3 aromatic rings. The van der Waals surface area contributed by atoms with Gasteiger partial charge in [0.05, 0.1) is 0 Å². The van der Waals surface area contributed by atoms with E-state index in [2.05, 4.69) is 15.2 Å². The minimum Gasteiger partial charge on any atom is -0.507 e. The van der Waals surface area contributed by atoms with E-state index in [4.69, 9.17) is 0 Å². The van der Waals surface area contributed by atoms with Crippen LogP contribution in [-0.4, -0.2) is 21.1 Å². The van der Waals surface area contributed by atoms with Gasteiger partial charge < -0.3 is 10.2 Å². The number of rotatable bonds is 2. The number of carbonyl (C=O) groups is 1. The van der Waals surface area contributed by atoms with Crippen LogP contribution in [0.15, 0.2) is 65.1 Å². The van der Waals surface area contributed by atoms with Gasteiger partial charge in [0.15, 0.2) is 0 Å². The molecule has 0 unspecified atom stereocenters. The van der Waals surface area contributed by atoms with Gasteiger partial charge in [-0.15, -0.1) is 10.2 Å². The molecule has 0 saturated heterocycles.